The fraction of sp³-hybridized carbons (Fsp3) is 0.0909. The Balaban J connectivity index is 1.61. The Labute approximate surface area is 162 Å². The summed E-state index contributed by atoms with van der Waals surface area (Å²) in [6.45, 7) is 1.83. The molecule has 0 bridgehead atoms. The van der Waals surface area contributed by atoms with Gasteiger partial charge in [-0.1, -0.05) is 36.4 Å². The number of thiophene rings is 2. The van der Waals surface area contributed by atoms with Crippen molar-refractivity contribution in [1.82, 2.24) is 0 Å². The molecule has 0 saturated carbocycles. The van der Waals surface area contributed by atoms with Gasteiger partial charge in [-0.2, -0.15) is 0 Å². The van der Waals surface area contributed by atoms with Crippen LogP contribution in [-0.2, 0) is 0 Å². The van der Waals surface area contributed by atoms with Crippen LogP contribution in [0.25, 0.3) is 0 Å². The van der Waals surface area contributed by atoms with Gasteiger partial charge < -0.3 is 9.80 Å². The maximum absolute atomic E-state index is 2.40. The number of benzene rings is 2. The lowest BCUT2D eigenvalue weighted by atomic mass is 10.2. The van der Waals surface area contributed by atoms with E-state index < -0.39 is 0 Å². The SMILES string of the molecule is c1ccc(N(CCN(c2ccccc2)c2cccs2)c2cccs2)cc1. The maximum atomic E-state index is 2.40. The molecule has 0 saturated heterocycles. The highest BCUT2D eigenvalue weighted by atomic mass is 32.1. The lowest BCUT2D eigenvalue weighted by molar-refractivity contribution is 0.897. The van der Waals surface area contributed by atoms with Gasteiger partial charge in [0.25, 0.3) is 0 Å². The van der Waals surface area contributed by atoms with E-state index in [9.17, 15) is 0 Å². The van der Waals surface area contributed by atoms with Crippen molar-refractivity contribution in [2.24, 2.45) is 0 Å². The smallest absolute Gasteiger partial charge is 0.0953 e. The molecule has 2 nitrogen and oxygen atoms in total. The highest BCUT2D eigenvalue weighted by molar-refractivity contribution is 7.14. The molecule has 2 aromatic heterocycles. The first-order valence-corrected chi connectivity index (χ1v) is 10.4. The molecule has 26 heavy (non-hydrogen) atoms. The van der Waals surface area contributed by atoms with Crippen LogP contribution in [0.15, 0.2) is 95.7 Å². The summed E-state index contributed by atoms with van der Waals surface area (Å²) < 4.78 is 0. The zero-order valence-electron chi connectivity index (χ0n) is 14.4. The zero-order valence-corrected chi connectivity index (χ0v) is 16.0. The molecule has 130 valence electrons. The van der Waals surface area contributed by atoms with Gasteiger partial charge >= 0.3 is 0 Å². The second kappa shape index (κ2) is 8.21. The first kappa shape index (κ1) is 16.9. The average molecular weight is 377 g/mol. The summed E-state index contributed by atoms with van der Waals surface area (Å²) in [4.78, 5) is 4.79. The van der Waals surface area contributed by atoms with Crippen LogP contribution in [0.1, 0.15) is 0 Å². The molecule has 0 fully saturated rings. The lowest BCUT2D eigenvalue weighted by Gasteiger charge is -2.29. The van der Waals surface area contributed by atoms with Gasteiger partial charge in [-0.25, -0.2) is 0 Å². The molecule has 2 heterocycles. The van der Waals surface area contributed by atoms with E-state index in [2.05, 4.69) is 105 Å². The van der Waals surface area contributed by atoms with Crippen molar-refractivity contribution < 1.29 is 0 Å². The molecule has 0 amide bonds. The molecule has 0 unspecified atom stereocenters. The Morgan fingerprint density at radius 2 is 0.923 bits per heavy atom. The monoisotopic (exact) mass is 376 g/mol. The highest BCUT2D eigenvalue weighted by Gasteiger charge is 2.15. The molecule has 2 aromatic carbocycles. The summed E-state index contributed by atoms with van der Waals surface area (Å²) in [7, 11) is 0. The van der Waals surface area contributed by atoms with Crippen molar-refractivity contribution >= 4 is 44.1 Å². The van der Waals surface area contributed by atoms with E-state index in [1.165, 1.54) is 21.4 Å². The van der Waals surface area contributed by atoms with E-state index >= 15 is 0 Å². The average Bonchev–Trinajstić information content (AvgIpc) is 3.41. The standard InChI is InChI=1S/C22H20N2S2/c1-3-9-19(10-4-1)23(21-13-7-17-25-21)15-16-24(22-14-8-18-26-22)20-11-5-2-6-12-20/h1-14,17-18H,15-16H2. The van der Waals surface area contributed by atoms with Crippen molar-refractivity contribution in [3.8, 4) is 0 Å². The molecule has 4 heteroatoms. The molecular weight excluding hydrogens is 356 g/mol. The van der Waals surface area contributed by atoms with Gasteiger partial charge in [-0.15, -0.1) is 22.7 Å². The first-order chi connectivity index (χ1) is 12.9. The quantitative estimate of drug-likeness (QED) is 0.350. The summed E-state index contributed by atoms with van der Waals surface area (Å²) in [5, 5.41) is 6.82. The number of para-hydroxylation sites is 2. The third-order valence-electron chi connectivity index (χ3n) is 4.23. The van der Waals surface area contributed by atoms with E-state index in [4.69, 9.17) is 0 Å². The molecule has 0 radical (unpaired) electrons. The van der Waals surface area contributed by atoms with Gasteiger partial charge in [-0.05, 0) is 59.3 Å². The van der Waals surface area contributed by atoms with Crippen LogP contribution in [0.4, 0.5) is 21.4 Å². The molecule has 0 atom stereocenters. The molecular formula is C22H20N2S2. The van der Waals surface area contributed by atoms with Crippen molar-refractivity contribution in [1.29, 1.82) is 0 Å². The van der Waals surface area contributed by atoms with Crippen LogP contribution in [0, 0.1) is 0 Å². The van der Waals surface area contributed by atoms with Crippen LogP contribution in [0.3, 0.4) is 0 Å². The Hall–Kier alpha value is -2.56. The van der Waals surface area contributed by atoms with E-state index in [-0.39, 0.29) is 0 Å². The Kier molecular flexibility index (Phi) is 5.33. The van der Waals surface area contributed by atoms with Crippen LogP contribution >= 0.6 is 22.7 Å². The zero-order chi connectivity index (χ0) is 17.6. The van der Waals surface area contributed by atoms with Crippen molar-refractivity contribution in [3.63, 3.8) is 0 Å². The summed E-state index contributed by atoms with van der Waals surface area (Å²) in [6.07, 6.45) is 0. The number of anilines is 4. The predicted octanol–water partition coefficient (Wildman–Crippen LogP) is 6.79. The summed E-state index contributed by atoms with van der Waals surface area (Å²) in [5.41, 5.74) is 2.46. The Morgan fingerprint density at radius 1 is 0.500 bits per heavy atom. The third-order valence-corrected chi connectivity index (χ3v) is 6.01. The molecule has 0 aliphatic heterocycles. The fourth-order valence-corrected chi connectivity index (χ4v) is 4.55. The van der Waals surface area contributed by atoms with E-state index in [0.29, 0.717) is 0 Å². The van der Waals surface area contributed by atoms with E-state index in [0.717, 1.165) is 13.1 Å². The lowest BCUT2D eigenvalue weighted by Crippen LogP contribution is -2.29. The molecule has 0 N–H and O–H groups in total. The normalized spacial score (nSPS) is 10.6. The van der Waals surface area contributed by atoms with Gasteiger partial charge in [-0.3, -0.25) is 0 Å². The van der Waals surface area contributed by atoms with Gasteiger partial charge in [0.1, 0.15) is 0 Å². The van der Waals surface area contributed by atoms with Crippen LogP contribution in [0.5, 0.6) is 0 Å². The molecule has 0 aliphatic rings. The number of rotatable bonds is 7. The maximum Gasteiger partial charge on any atom is 0.0953 e. The van der Waals surface area contributed by atoms with E-state index in [1.807, 2.05) is 0 Å². The fourth-order valence-electron chi connectivity index (χ4n) is 3.00. The van der Waals surface area contributed by atoms with Gasteiger partial charge in [0, 0.05) is 24.5 Å². The highest BCUT2D eigenvalue weighted by Crippen LogP contribution is 2.32. The van der Waals surface area contributed by atoms with Crippen LogP contribution in [-0.4, -0.2) is 13.1 Å². The van der Waals surface area contributed by atoms with Crippen molar-refractivity contribution in [3.05, 3.63) is 95.7 Å². The van der Waals surface area contributed by atoms with Gasteiger partial charge in [0.05, 0.1) is 10.0 Å². The topological polar surface area (TPSA) is 6.48 Å². The molecule has 4 rings (SSSR count). The van der Waals surface area contributed by atoms with Gasteiger partial charge in [0.15, 0.2) is 0 Å². The number of nitrogens with zero attached hydrogens (tertiary/aromatic N) is 2. The van der Waals surface area contributed by atoms with Crippen molar-refractivity contribution in [2.45, 2.75) is 0 Å². The largest absolute Gasteiger partial charge is 0.331 e. The molecule has 0 spiro atoms. The molecule has 0 aliphatic carbocycles. The van der Waals surface area contributed by atoms with Crippen LogP contribution < -0.4 is 9.80 Å². The molecule has 4 aromatic rings. The number of hydrogen-bond donors (Lipinski definition) is 0. The minimum Gasteiger partial charge on any atom is -0.331 e. The summed E-state index contributed by atoms with van der Waals surface area (Å²) >= 11 is 3.56. The number of hydrogen-bond acceptors (Lipinski definition) is 4. The second-order valence-corrected chi connectivity index (χ2v) is 7.73. The Morgan fingerprint density at radius 3 is 1.27 bits per heavy atom. The third kappa shape index (κ3) is 3.82. The van der Waals surface area contributed by atoms with Crippen molar-refractivity contribution in [2.75, 3.05) is 22.9 Å². The second-order valence-electron chi connectivity index (χ2n) is 5.88. The van der Waals surface area contributed by atoms with Gasteiger partial charge in [0.2, 0.25) is 0 Å². The first-order valence-electron chi connectivity index (χ1n) is 8.64. The van der Waals surface area contributed by atoms with E-state index in [1.54, 1.807) is 22.7 Å². The summed E-state index contributed by atoms with van der Waals surface area (Å²) in [5.74, 6) is 0. The predicted molar refractivity (Wildman–Crippen MR) is 116 cm³/mol. The minimum absolute atomic E-state index is 0.914. The van der Waals surface area contributed by atoms with Crippen LogP contribution in [0.2, 0.25) is 0 Å². The minimum atomic E-state index is 0.914. The Bertz CT molecular complexity index is 810. The summed E-state index contributed by atoms with van der Waals surface area (Å²) in [6, 6.07) is 29.9.